The topological polar surface area (TPSA) is 35.2 Å². The molecule has 0 aliphatic rings. The number of benzene rings is 1. The van der Waals surface area contributed by atoms with E-state index in [0.29, 0.717) is 11.4 Å². The number of ether oxygens (including phenoxy) is 1. The van der Waals surface area contributed by atoms with Crippen molar-refractivity contribution in [3.8, 4) is 5.75 Å². The van der Waals surface area contributed by atoms with E-state index in [1.807, 2.05) is 0 Å². The van der Waals surface area contributed by atoms with Crippen LogP contribution in [-0.2, 0) is 0 Å². The molecule has 0 bridgehead atoms. The van der Waals surface area contributed by atoms with Crippen LogP contribution >= 0.6 is 15.9 Å². The van der Waals surface area contributed by atoms with Crippen LogP contribution in [0.3, 0.4) is 0 Å². The predicted molar refractivity (Wildman–Crippen MR) is 59.3 cm³/mol. The molecule has 0 aliphatic heterocycles. The number of rotatable bonds is 4. The number of alkyl halides is 3. The second kappa shape index (κ2) is 5.43. The lowest BCUT2D eigenvalue weighted by molar-refractivity contribution is -0.136. The van der Waals surface area contributed by atoms with Crippen molar-refractivity contribution in [3.05, 3.63) is 22.7 Å². The predicted octanol–water partition coefficient (Wildman–Crippen LogP) is 3.75. The van der Waals surface area contributed by atoms with Gasteiger partial charge in [-0.05, 0) is 24.6 Å². The number of anilines is 1. The molecule has 1 rings (SSSR count). The summed E-state index contributed by atoms with van der Waals surface area (Å²) in [6.45, 7) is 0.000162. The van der Waals surface area contributed by atoms with Crippen molar-refractivity contribution in [2.45, 2.75) is 19.0 Å². The van der Waals surface area contributed by atoms with Crippen molar-refractivity contribution >= 4 is 21.6 Å². The summed E-state index contributed by atoms with van der Waals surface area (Å²) in [5.74, 6) is 0.400. The SMILES string of the molecule is Nc1ccc(Br)cc1OCCCC(F)(F)F. The van der Waals surface area contributed by atoms with Gasteiger partial charge in [0, 0.05) is 10.9 Å². The largest absolute Gasteiger partial charge is 0.491 e. The van der Waals surface area contributed by atoms with Gasteiger partial charge in [-0.25, -0.2) is 0 Å². The van der Waals surface area contributed by atoms with E-state index < -0.39 is 12.6 Å². The number of nitrogen functional groups attached to an aromatic ring is 1. The number of hydrogen-bond donors (Lipinski definition) is 1. The van der Waals surface area contributed by atoms with E-state index in [4.69, 9.17) is 10.5 Å². The van der Waals surface area contributed by atoms with Crippen molar-refractivity contribution < 1.29 is 17.9 Å². The third-order valence-corrected chi connectivity index (χ3v) is 2.33. The summed E-state index contributed by atoms with van der Waals surface area (Å²) in [5, 5.41) is 0. The van der Waals surface area contributed by atoms with Crippen molar-refractivity contribution in [2.24, 2.45) is 0 Å². The fourth-order valence-corrected chi connectivity index (χ4v) is 1.43. The molecular formula is C10H11BrF3NO. The van der Waals surface area contributed by atoms with Crippen LogP contribution in [-0.4, -0.2) is 12.8 Å². The van der Waals surface area contributed by atoms with Crippen molar-refractivity contribution in [2.75, 3.05) is 12.3 Å². The zero-order valence-electron chi connectivity index (χ0n) is 8.35. The molecular weight excluding hydrogens is 287 g/mol. The van der Waals surface area contributed by atoms with Crippen molar-refractivity contribution in [1.82, 2.24) is 0 Å². The molecule has 0 aromatic heterocycles. The van der Waals surface area contributed by atoms with E-state index in [9.17, 15) is 13.2 Å². The fraction of sp³-hybridized carbons (Fsp3) is 0.400. The number of nitrogens with two attached hydrogens (primary N) is 1. The van der Waals surface area contributed by atoms with Crippen LogP contribution < -0.4 is 10.5 Å². The molecule has 0 heterocycles. The molecule has 0 amide bonds. The molecule has 0 unspecified atom stereocenters. The molecule has 2 nitrogen and oxygen atoms in total. The smallest absolute Gasteiger partial charge is 0.389 e. The number of halogens is 4. The maximum atomic E-state index is 11.8. The second-order valence-corrected chi connectivity index (χ2v) is 4.17. The van der Waals surface area contributed by atoms with Gasteiger partial charge in [0.25, 0.3) is 0 Å². The van der Waals surface area contributed by atoms with Gasteiger partial charge in [0.15, 0.2) is 0 Å². The Labute approximate surface area is 99.7 Å². The average Bonchev–Trinajstić information content (AvgIpc) is 2.16. The standard InChI is InChI=1S/C10H11BrF3NO/c11-7-2-3-8(15)9(6-7)16-5-1-4-10(12,13)14/h2-3,6H,1,4-5,15H2. The highest BCUT2D eigenvalue weighted by molar-refractivity contribution is 9.10. The summed E-state index contributed by atoms with van der Waals surface area (Å²) in [6, 6.07) is 4.99. The summed E-state index contributed by atoms with van der Waals surface area (Å²) in [4.78, 5) is 0. The maximum absolute atomic E-state index is 11.8. The first-order chi connectivity index (χ1) is 7.38. The van der Waals surface area contributed by atoms with Crippen LogP contribution in [0.25, 0.3) is 0 Å². The third-order valence-electron chi connectivity index (χ3n) is 1.84. The minimum atomic E-state index is -4.13. The first-order valence-corrected chi connectivity index (χ1v) is 5.42. The molecule has 1 aromatic rings. The molecule has 16 heavy (non-hydrogen) atoms. The van der Waals surface area contributed by atoms with Gasteiger partial charge in [-0.1, -0.05) is 15.9 Å². The van der Waals surface area contributed by atoms with E-state index in [1.165, 1.54) is 0 Å². The summed E-state index contributed by atoms with van der Waals surface area (Å²) >= 11 is 3.22. The Morgan fingerprint density at radius 3 is 2.62 bits per heavy atom. The quantitative estimate of drug-likeness (QED) is 0.678. The molecule has 0 atom stereocenters. The highest BCUT2D eigenvalue weighted by Gasteiger charge is 2.26. The molecule has 0 aliphatic carbocycles. The summed E-state index contributed by atoms with van der Waals surface area (Å²) in [7, 11) is 0. The van der Waals surface area contributed by atoms with Gasteiger partial charge < -0.3 is 10.5 Å². The Morgan fingerprint density at radius 2 is 2.00 bits per heavy atom. The first kappa shape index (κ1) is 13.2. The molecule has 6 heteroatoms. The highest BCUT2D eigenvalue weighted by Crippen LogP contribution is 2.26. The van der Waals surface area contributed by atoms with E-state index in [0.717, 1.165) is 4.47 Å². The zero-order valence-corrected chi connectivity index (χ0v) is 9.94. The maximum Gasteiger partial charge on any atom is 0.389 e. The van der Waals surface area contributed by atoms with Gasteiger partial charge in [-0.15, -0.1) is 0 Å². The van der Waals surface area contributed by atoms with Crippen LogP contribution in [0.1, 0.15) is 12.8 Å². The molecule has 0 saturated carbocycles. The number of hydrogen-bond acceptors (Lipinski definition) is 2. The van der Waals surface area contributed by atoms with Crippen LogP contribution in [0.15, 0.2) is 22.7 Å². The monoisotopic (exact) mass is 297 g/mol. The molecule has 90 valence electrons. The summed E-state index contributed by atoms with van der Waals surface area (Å²) in [5.41, 5.74) is 6.00. The van der Waals surface area contributed by atoms with Gasteiger partial charge >= 0.3 is 6.18 Å². The van der Waals surface area contributed by atoms with Gasteiger partial charge in [0.2, 0.25) is 0 Å². The lowest BCUT2D eigenvalue weighted by atomic mass is 10.3. The third kappa shape index (κ3) is 4.74. The molecule has 2 N–H and O–H groups in total. The summed E-state index contributed by atoms with van der Waals surface area (Å²) < 4.78 is 41.4. The van der Waals surface area contributed by atoms with E-state index in [2.05, 4.69) is 15.9 Å². The van der Waals surface area contributed by atoms with E-state index >= 15 is 0 Å². The van der Waals surface area contributed by atoms with Crippen LogP contribution in [0.4, 0.5) is 18.9 Å². The van der Waals surface area contributed by atoms with Gasteiger partial charge in [-0.3, -0.25) is 0 Å². The van der Waals surface area contributed by atoms with E-state index in [-0.39, 0.29) is 13.0 Å². The lowest BCUT2D eigenvalue weighted by Crippen LogP contribution is -2.10. The van der Waals surface area contributed by atoms with Gasteiger partial charge in [0.05, 0.1) is 12.3 Å². The fourth-order valence-electron chi connectivity index (χ4n) is 1.09. The molecule has 0 radical (unpaired) electrons. The Hall–Kier alpha value is -0.910. The second-order valence-electron chi connectivity index (χ2n) is 3.25. The Balaban J connectivity index is 2.40. The summed E-state index contributed by atoms with van der Waals surface area (Å²) in [6.07, 6.45) is -5.05. The van der Waals surface area contributed by atoms with Crippen molar-refractivity contribution in [3.63, 3.8) is 0 Å². The Morgan fingerprint density at radius 1 is 1.31 bits per heavy atom. The van der Waals surface area contributed by atoms with Crippen LogP contribution in [0.5, 0.6) is 5.75 Å². The minimum Gasteiger partial charge on any atom is -0.491 e. The first-order valence-electron chi connectivity index (χ1n) is 4.63. The molecule has 0 spiro atoms. The molecule has 0 fully saturated rings. The lowest BCUT2D eigenvalue weighted by Gasteiger charge is -2.10. The minimum absolute atomic E-state index is 0.000162. The van der Waals surface area contributed by atoms with Crippen molar-refractivity contribution in [1.29, 1.82) is 0 Å². The zero-order chi connectivity index (χ0) is 12.2. The van der Waals surface area contributed by atoms with Gasteiger partial charge in [0.1, 0.15) is 5.75 Å². The molecule has 1 aromatic carbocycles. The average molecular weight is 298 g/mol. The van der Waals surface area contributed by atoms with E-state index in [1.54, 1.807) is 18.2 Å². The molecule has 0 saturated heterocycles. The highest BCUT2D eigenvalue weighted by atomic mass is 79.9. The normalized spacial score (nSPS) is 11.5. The van der Waals surface area contributed by atoms with Gasteiger partial charge in [-0.2, -0.15) is 13.2 Å². The Bertz CT molecular complexity index is 354. The van der Waals surface area contributed by atoms with Crippen LogP contribution in [0, 0.1) is 0 Å². The van der Waals surface area contributed by atoms with Crippen LogP contribution in [0.2, 0.25) is 0 Å². The Kier molecular flexibility index (Phi) is 4.46.